The van der Waals surface area contributed by atoms with Crippen LogP contribution in [0.1, 0.15) is 36.2 Å². The number of pyridine rings is 1. The third-order valence-electron chi connectivity index (χ3n) is 4.43. The number of carbonyl (C=O) groups is 2. The van der Waals surface area contributed by atoms with E-state index in [1.807, 2.05) is 0 Å². The van der Waals surface area contributed by atoms with E-state index in [1.54, 1.807) is 30.3 Å². The van der Waals surface area contributed by atoms with Crippen LogP contribution in [0, 0.1) is 0 Å². The largest absolute Gasteiger partial charge is 0.497 e. The number of nitrogens with one attached hydrogen (secondary N) is 1. The molecule has 21 heavy (non-hydrogen) atoms. The van der Waals surface area contributed by atoms with Gasteiger partial charge in [0.15, 0.2) is 0 Å². The van der Waals surface area contributed by atoms with E-state index < -0.39 is 0 Å². The van der Waals surface area contributed by atoms with Crippen molar-refractivity contribution in [2.45, 2.75) is 31.2 Å². The lowest BCUT2D eigenvalue weighted by molar-refractivity contribution is -0.120. The average Bonchev–Trinajstić information content (AvgIpc) is 2.88. The second kappa shape index (κ2) is 5.35. The topological polar surface area (TPSA) is 71.5 Å². The van der Waals surface area contributed by atoms with Crippen molar-refractivity contribution in [2.75, 3.05) is 20.2 Å². The van der Waals surface area contributed by atoms with Gasteiger partial charge in [-0.3, -0.25) is 14.6 Å². The van der Waals surface area contributed by atoms with E-state index >= 15 is 0 Å². The summed E-state index contributed by atoms with van der Waals surface area (Å²) in [7, 11) is 1.57. The van der Waals surface area contributed by atoms with Gasteiger partial charge in [0.25, 0.3) is 5.91 Å². The van der Waals surface area contributed by atoms with E-state index in [2.05, 4.69) is 10.3 Å². The minimum atomic E-state index is -0.0876. The summed E-state index contributed by atoms with van der Waals surface area (Å²) >= 11 is 0. The maximum absolute atomic E-state index is 12.5. The van der Waals surface area contributed by atoms with Gasteiger partial charge in [-0.05, 0) is 25.3 Å². The van der Waals surface area contributed by atoms with Crippen molar-refractivity contribution in [1.82, 2.24) is 15.2 Å². The monoisotopic (exact) mass is 289 g/mol. The highest BCUT2D eigenvalue weighted by Gasteiger charge is 2.41. The Kier molecular flexibility index (Phi) is 3.53. The number of aromatic nitrogens is 1. The van der Waals surface area contributed by atoms with Gasteiger partial charge in [-0.2, -0.15) is 0 Å². The smallest absolute Gasteiger partial charge is 0.272 e. The lowest BCUT2D eigenvalue weighted by Crippen LogP contribution is -2.52. The number of carbonyl (C=O) groups excluding carboxylic acids is 2. The summed E-state index contributed by atoms with van der Waals surface area (Å²) in [5.74, 6) is 0.683. The second-order valence-electron chi connectivity index (χ2n) is 5.70. The fourth-order valence-electron chi connectivity index (χ4n) is 3.10. The molecule has 2 aliphatic rings. The predicted octanol–water partition coefficient (Wildman–Crippen LogP) is 0.975. The summed E-state index contributed by atoms with van der Waals surface area (Å²) in [6.07, 6.45) is 4.69. The van der Waals surface area contributed by atoms with E-state index in [0.717, 1.165) is 19.3 Å². The molecule has 0 aliphatic carbocycles. The molecule has 0 saturated carbocycles. The van der Waals surface area contributed by atoms with Crippen molar-refractivity contribution in [3.63, 3.8) is 0 Å². The quantitative estimate of drug-likeness (QED) is 0.881. The van der Waals surface area contributed by atoms with Crippen molar-refractivity contribution in [3.05, 3.63) is 24.0 Å². The van der Waals surface area contributed by atoms with Crippen molar-refractivity contribution < 1.29 is 14.3 Å². The van der Waals surface area contributed by atoms with Gasteiger partial charge < -0.3 is 15.0 Å². The minimum Gasteiger partial charge on any atom is -0.497 e. The first-order valence-electron chi connectivity index (χ1n) is 7.22. The first kappa shape index (κ1) is 13.9. The van der Waals surface area contributed by atoms with Crippen LogP contribution < -0.4 is 10.1 Å². The standard InChI is InChI=1S/C15H19N3O3/c1-21-11-3-7-16-12(10-11)14(20)18-8-5-15(6-9-18)4-2-13(19)17-15/h3,7,10H,2,4-6,8-9H2,1H3,(H,17,19). The van der Waals surface area contributed by atoms with Gasteiger partial charge in [-0.15, -0.1) is 0 Å². The second-order valence-corrected chi connectivity index (χ2v) is 5.70. The SMILES string of the molecule is COc1ccnc(C(=O)N2CCC3(CCC(=O)N3)CC2)c1. The number of nitrogens with zero attached hydrogens (tertiary/aromatic N) is 2. The molecule has 112 valence electrons. The van der Waals surface area contributed by atoms with Crippen LogP contribution in [-0.2, 0) is 4.79 Å². The number of hydrogen-bond donors (Lipinski definition) is 1. The molecule has 0 bridgehead atoms. The molecule has 2 fully saturated rings. The van der Waals surface area contributed by atoms with Crippen LogP contribution >= 0.6 is 0 Å². The predicted molar refractivity (Wildman–Crippen MR) is 76.0 cm³/mol. The summed E-state index contributed by atoms with van der Waals surface area (Å²) in [5.41, 5.74) is 0.316. The van der Waals surface area contributed by atoms with Crippen molar-refractivity contribution >= 4 is 11.8 Å². The highest BCUT2D eigenvalue weighted by atomic mass is 16.5. The molecule has 1 aromatic heterocycles. The van der Waals surface area contributed by atoms with Crippen molar-refractivity contribution in [3.8, 4) is 5.75 Å². The number of likely N-dealkylation sites (tertiary alicyclic amines) is 1. The summed E-state index contributed by atoms with van der Waals surface area (Å²) < 4.78 is 5.12. The van der Waals surface area contributed by atoms with Gasteiger partial charge in [-0.25, -0.2) is 0 Å². The van der Waals surface area contributed by atoms with Gasteiger partial charge in [0, 0.05) is 37.3 Å². The number of ether oxygens (including phenoxy) is 1. The normalized spacial score (nSPS) is 20.4. The Morgan fingerprint density at radius 2 is 2.14 bits per heavy atom. The van der Waals surface area contributed by atoms with Gasteiger partial charge in [-0.1, -0.05) is 0 Å². The van der Waals surface area contributed by atoms with Crippen molar-refractivity contribution in [1.29, 1.82) is 0 Å². The number of piperidine rings is 1. The molecular weight excluding hydrogens is 270 g/mol. The summed E-state index contributed by atoms with van der Waals surface area (Å²) in [5, 5.41) is 3.07. The summed E-state index contributed by atoms with van der Waals surface area (Å²) in [4.78, 5) is 29.8. The zero-order valence-electron chi connectivity index (χ0n) is 12.1. The van der Waals surface area contributed by atoms with Crippen LogP contribution in [0.5, 0.6) is 5.75 Å². The molecule has 2 amide bonds. The minimum absolute atomic E-state index is 0.0759. The summed E-state index contributed by atoms with van der Waals surface area (Å²) in [6, 6.07) is 3.38. The van der Waals surface area contributed by atoms with Crippen LogP contribution in [-0.4, -0.2) is 47.4 Å². The molecule has 3 heterocycles. The molecule has 6 nitrogen and oxygen atoms in total. The van der Waals surface area contributed by atoms with Gasteiger partial charge >= 0.3 is 0 Å². The molecule has 0 atom stereocenters. The fourth-order valence-corrected chi connectivity index (χ4v) is 3.10. The van der Waals surface area contributed by atoms with E-state index in [9.17, 15) is 9.59 Å². The molecule has 3 rings (SSSR count). The Bertz CT molecular complexity index is 565. The lowest BCUT2D eigenvalue weighted by Gasteiger charge is -2.39. The van der Waals surface area contributed by atoms with Gasteiger partial charge in [0.1, 0.15) is 11.4 Å². The Hall–Kier alpha value is -2.11. The number of methoxy groups -OCH3 is 1. The number of amides is 2. The molecule has 2 saturated heterocycles. The highest BCUT2D eigenvalue weighted by Crippen LogP contribution is 2.31. The molecule has 2 aliphatic heterocycles. The molecule has 6 heteroatoms. The van der Waals surface area contributed by atoms with Gasteiger partial charge in [0.2, 0.25) is 5.91 Å². The first-order valence-corrected chi connectivity index (χ1v) is 7.22. The first-order chi connectivity index (χ1) is 10.1. The summed E-state index contributed by atoms with van der Waals surface area (Å²) in [6.45, 7) is 1.30. The van der Waals surface area contributed by atoms with Crippen LogP contribution in [0.4, 0.5) is 0 Å². The molecule has 1 aromatic rings. The zero-order chi connectivity index (χ0) is 14.9. The Morgan fingerprint density at radius 3 is 2.76 bits per heavy atom. The Morgan fingerprint density at radius 1 is 1.38 bits per heavy atom. The third-order valence-corrected chi connectivity index (χ3v) is 4.43. The average molecular weight is 289 g/mol. The van der Waals surface area contributed by atoms with Crippen LogP contribution in [0.3, 0.4) is 0 Å². The highest BCUT2D eigenvalue weighted by molar-refractivity contribution is 5.92. The maximum atomic E-state index is 12.5. The zero-order valence-corrected chi connectivity index (χ0v) is 12.1. The number of rotatable bonds is 2. The van der Waals surface area contributed by atoms with Gasteiger partial charge in [0.05, 0.1) is 7.11 Å². The molecule has 1 N–H and O–H groups in total. The molecule has 1 spiro atoms. The molecular formula is C15H19N3O3. The lowest BCUT2D eigenvalue weighted by atomic mass is 9.86. The van der Waals surface area contributed by atoms with E-state index in [-0.39, 0.29) is 17.4 Å². The number of hydrogen-bond acceptors (Lipinski definition) is 4. The van der Waals surface area contributed by atoms with Crippen LogP contribution in [0.25, 0.3) is 0 Å². The van der Waals surface area contributed by atoms with Crippen LogP contribution in [0.2, 0.25) is 0 Å². The third kappa shape index (κ3) is 2.70. The molecule has 0 aromatic carbocycles. The Labute approximate surface area is 123 Å². The Balaban J connectivity index is 1.66. The maximum Gasteiger partial charge on any atom is 0.272 e. The van der Waals surface area contributed by atoms with E-state index in [0.29, 0.717) is 31.0 Å². The van der Waals surface area contributed by atoms with Crippen molar-refractivity contribution in [2.24, 2.45) is 0 Å². The van der Waals surface area contributed by atoms with Crippen LogP contribution in [0.15, 0.2) is 18.3 Å². The van der Waals surface area contributed by atoms with E-state index in [1.165, 1.54) is 0 Å². The fraction of sp³-hybridized carbons (Fsp3) is 0.533. The molecule has 0 unspecified atom stereocenters. The molecule has 0 radical (unpaired) electrons. The van der Waals surface area contributed by atoms with E-state index in [4.69, 9.17) is 4.74 Å².